The van der Waals surface area contributed by atoms with Crippen molar-refractivity contribution in [1.29, 1.82) is 0 Å². The van der Waals surface area contributed by atoms with E-state index in [4.69, 9.17) is 5.73 Å². The summed E-state index contributed by atoms with van der Waals surface area (Å²) in [5.74, 6) is 0.279. The normalized spacial score (nSPS) is 25.7. The third-order valence-electron chi connectivity index (χ3n) is 4.04. The molecule has 3 rings (SSSR count). The lowest BCUT2D eigenvalue weighted by atomic mass is 10.0. The Balaban J connectivity index is 0.00000120. The molecule has 2 N–H and O–H groups in total. The number of nitrogens with two attached hydrogens (primary N) is 1. The van der Waals surface area contributed by atoms with Gasteiger partial charge in [0.15, 0.2) is 0 Å². The number of hydrogen-bond donors (Lipinski definition) is 1. The summed E-state index contributed by atoms with van der Waals surface area (Å²) in [6, 6.07) is 8.25. The zero-order valence-corrected chi connectivity index (χ0v) is 11.2. The Morgan fingerprint density at radius 2 is 2.06 bits per heavy atom. The smallest absolute Gasteiger partial charge is 0.231 e. The zero-order chi connectivity index (χ0) is 11.8. The van der Waals surface area contributed by atoms with E-state index in [1.807, 2.05) is 23.1 Å². The lowest BCUT2D eigenvalue weighted by Crippen LogP contribution is -2.41. The van der Waals surface area contributed by atoms with Crippen molar-refractivity contribution in [3.05, 3.63) is 29.8 Å². The van der Waals surface area contributed by atoms with Crippen LogP contribution in [0.2, 0.25) is 0 Å². The third-order valence-corrected chi connectivity index (χ3v) is 4.04. The van der Waals surface area contributed by atoms with E-state index in [0.29, 0.717) is 0 Å². The molecule has 0 saturated heterocycles. The van der Waals surface area contributed by atoms with Crippen LogP contribution in [0.25, 0.3) is 0 Å². The highest BCUT2D eigenvalue weighted by molar-refractivity contribution is 5.97. The highest BCUT2D eigenvalue weighted by Crippen LogP contribution is 2.32. The number of para-hydroxylation sites is 1. The quantitative estimate of drug-likeness (QED) is 0.846. The monoisotopic (exact) mass is 266 g/mol. The molecule has 1 amide bonds. The van der Waals surface area contributed by atoms with E-state index in [9.17, 15) is 4.79 Å². The first-order valence-corrected chi connectivity index (χ1v) is 6.42. The molecule has 2 unspecified atom stereocenters. The summed E-state index contributed by atoms with van der Waals surface area (Å²) in [5, 5.41) is 0. The van der Waals surface area contributed by atoms with E-state index in [1.54, 1.807) is 0 Å². The number of nitrogens with zero attached hydrogens (tertiary/aromatic N) is 1. The summed E-state index contributed by atoms with van der Waals surface area (Å²) in [5.41, 5.74) is 8.40. The molecule has 4 heteroatoms. The molecule has 1 fully saturated rings. The first kappa shape index (κ1) is 13.4. The van der Waals surface area contributed by atoms with E-state index in [-0.39, 0.29) is 30.3 Å². The molecule has 3 nitrogen and oxygen atoms in total. The van der Waals surface area contributed by atoms with Gasteiger partial charge in [-0.05, 0) is 30.9 Å². The van der Waals surface area contributed by atoms with Crippen LogP contribution in [0.4, 0.5) is 5.69 Å². The molecule has 2 atom stereocenters. The summed E-state index contributed by atoms with van der Waals surface area (Å²) in [7, 11) is 0. The van der Waals surface area contributed by atoms with E-state index < -0.39 is 0 Å². The Morgan fingerprint density at radius 3 is 2.78 bits per heavy atom. The summed E-state index contributed by atoms with van der Waals surface area (Å²) in [6.45, 7) is 0.821. The van der Waals surface area contributed by atoms with Gasteiger partial charge >= 0.3 is 0 Å². The molecule has 1 aromatic rings. The van der Waals surface area contributed by atoms with Crippen LogP contribution in [0.1, 0.15) is 24.8 Å². The fourth-order valence-corrected chi connectivity index (χ4v) is 3.06. The summed E-state index contributed by atoms with van der Waals surface area (Å²) >= 11 is 0. The molecule has 18 heavy (non-hydrogen) atoms. The van der Waals surface area contributed by atoms with Crippen molar-refractivity contribution in [3.63, 3.8) is 0 Å². The standard InChI is InChI=1S/C14H18N2O.ClH/c15-12-6-3-5-11(12)14(17)16-9-8-10-4-1-2-7-13(10)16;/h1-2,4,7,11-12H,3,5-6,8-9,15H2;1H. The predicted octanol–water partition coefficient (Wildman–Crippen LogP) is 2.12. The highest BCUT2D eigenvalue weighted by Gasteiger charge is 2.35. The first-order chi connectivity index (χ1) is 8.27. The molecule has 1 aliphatic carbocycles. The van der Waals surface area contributed by atoms with Crippen LogP contribution in [0.15, 0.2) is 24.3 Å². The fourth-order valence-electron chi connectivity index (χ4n) is 3.06. The Bertz CT molecular complexity index is 449. The van der Waals surface area contributed by atoms with Crippen LogP contribution >= 0.6 is 12.4 Å². The van der Waals surface area contributed by atoms with Gasteiger partial charge in [0, 0.05) is 18.3 Å². The Labute approximate surface area is 114 Å². The Hall–Kier alpha value is -1.06. The van der Waals surface area contributed by atoms with Crippen LogP contribution in [-0.4, -0.2) is 18.5 Å². The van der Waals surface area contributed by atoms with Crippen LogP contribution < -0.4 is 10.6 Å². The van der Waals surface area contributed by atoms with Gasteiger partial charge in [0.2, 0.25) is 5.91 Å². The summed E-state index contributed by atoms with van der Waals surface area (Å²) < 4.78 is 0. The third kappa shape index (κ3) is 2.13. The molecular formula is C14H19ClN2O. The number of benzene rings is 1. The zero-order valence-electron chi connectivity index (χ0n) is 10.3. The van der Waals surface area contributed by atoms with Gasteiger partial charge in [-0.1, -0.05) is 24.6 Å². The average molecular weight is 267 g/mol. The number of amides is 1. The van der Waals surface area contributed by atoms with Crippen molar-refractivity contribution in [2.45, 2.75) is 31.7 Å². The Kier molecular flexibility index (Phi) is 3.93. The van der Waals surface area contributed by atoms with Crippen LogP contribution in [0.3, 0.4) is 0 Å². The minimum atomic E-state index is 0. The molecule has 1 heterocycles. The minimum Gasteiger partial charge on any atom is -0.327 e. The van der Waals surface area contributed by atoms with Gasteiger partial charge in [0.05, 0.1) is 5.92 Å². The average Bonchev–Trinajstić information content (AvgIpc) is 2.94. The molecule has 0 spiro atoms. The predicted molar refractivity (Wildman–Crippen MR) is 75.1 cm³/mol. The van der Waals surface area contributed by atoms with E-state index in [0.717, 1.165) is 37.9 Å². The van der Waals surface area contributed by atoms with Crippen molar-refractivity contribution in [2.24, 2.45) is 11.7 Å². The van der Waals surface area contributed by atoms with Gasteiger partial charge in [-0.15, -0.1) is 12.4 Å². The summed E-state index contributed by atoms with van der Waals surface area (Å²) in [4.78, 5) is 14.4. The highest BCUT2D eigenvalue weighted by atomic mass is 35.5. The van der Waals surface area contributed by atoms with Crippen molar-refractivity contribution < 1.29 is 4.79 Å². The van der Waals surface area contributed by atoms with Crippen LogP contribution in [0, 0.1) is 5.92 Å². The molecular weight excluding hydrogens is 248 g/mol. The number of anilines is 1. The minimum absolute atomic E-state index is 0. The lowest BCUT2D eigenvalue weighted by molar-refractivity contribution is -0.122. The molecule has 0 bridgehead atoms. The van der Waals surface area contributed by atoms with Gasteiger partial charge in [-0.25, -0.2) is 0 Å². The maximum atomic E-state index is 12.5. The number of hydrogen-bond acceptors (Lipinski definition) is 2. The first-order valence-electron chi connectivity index (χ1n) is 6.42. The van der Waals surface area contributed by atoms with Gasteiger partial charge < -0.3 is 10.6 Å². The topological polar surface area (TPSA) is 46.3 Å². The van der Waals surface area contributed by atoms with E-state index in [1.165, 1.54) is 5.56 Å². The SMILES string of the molecule is Cl.NC1CCCC1C(=O)N1CCc2ccccc21. The number of halogens is 1. The molecule has 2 aliphatic rings. The number of carbonyl (C=O) groups is 1. The van der Waals surface area contributed by atoms with E-state index >= 15 is 0 Å². The fraction of sp³-hybridized carbons (Fsp3) is 0.500. The van der Waals surface area contributed by atoms with Crippen molar-refractivity contribution >= 4 is 24.0 Å². The maximum Gasteiger partial charge on any atom is 0.231 e. The van der Waals surface area contributed by atoms with Crippen molar-refractivity contribution in [2.75, 3.05) is 11.4 Å². The molecule has 0 aromatic heterocycles. The van der Waals surface area contributed by atoms with Gasteiger partial charge in [0.1, 0.15) is 0 Å². The van der Waals surface area contributed by atoms with Crippen molar-refractivity contribution in [3.8, 4) is 0 Å². The summed E-state index contributed by atoms with van der Waals surface area (Å²) in [6.07, 6.45) is 4.02. The molecule has 98 valence electrons. The van der Waals surface area contributed by atoms with Gasteiger partial charge in [-0.3, -0.25) is 4.79 Å². The Morgan fingerprint density at radius 1 is 1.28 bits per heavy atom. The lowest BCUT2D eigenvalue weighted by Gasteiger charge is -2.23. The van der Waals surface area contributed by atoms with Crippen molar-refractivity contribution in [1.82, 2.24) is 0 Å². The number of fused-ring (bicyclic) bond motifs is 1. The second-order valence-electron chi connectivity index (χ2n) is 5.07. The molecule has 0 radical (unpaired) electrons. The molecule has 1 saturated carbocycles. The largest absolute Gasteiger partial charge is 0.327 e. The van der Waals surface area contributed by atoms with E-state index in [2.05, 4.69) is 6.07 Å². The maximum absolute atomic E-state index is 12.5. The van der Waals surface area contributed by atoms with Gasteiger partial charge in [0.25, 0.3) is 0 Å². The number of rotatable bonds is 1. The molecule has 1 aromatic carbocycles. The number of carbonyl (C=O) groups excluding carboxylic acids is 1. The van der Waals surface area contributed by atoms with Crippen LogP contribution in [-0.2, 0) is 11.2 Å². The second-order valence-corrected chi connectivity index (χ2v) is 5.07. The van der Waals surface area contributed by atoms with Gasteiger partial charge in [-0.2, -0.15) is 0 Å². The van der Waals surface area contributed by atoms with Crippen LogP contribution in [0.5, 0.6) is 0 Å². The molecule has 1 aliphatic heterocycles. The second kappa shape index (κ2) is 5.29.